The Kier molecular flexibility index (Phi) is 12.1. The van der Waals surface area contributed by atoms with Crippen LogP contribution < -0.4 is 27.0 Å². The van der Waals surface area contributed by atoms with E-state index in [-0.39, 0.29) is 41.0 Å². The van der Waals surface area contributed by atoms with Gasteiger partial charge in [-0.2, -0.15) is 11.8 Å². The summed E-state index contributed by atoms with van der Waals surface area (Å²) in [5.74, 6) is -1.30. The highest BCUT2D eigenvalue weighted by Crippen LogP contribution is 2.33. The van der Waals surface area contributed by atoms with E-state index in [2.05, 4.69) is 21.3 Å². The quantitative estimate of drug-likeness (QED) is 0.147. The number of nitrogens with one attached hydrogen (secondary N) is 4. The summed E-state index contributed by atoms with van der Waals surface area (Å²) in [4.78, 5) is 35.9. The second-order valence-electron chi connectivity index (χ2n) is 9.68. The predicted molar refractivity (Wildman–Crippen MR) is 150 cm³/mol. The van der Waals surface area contributed by atoms with Gasteiger partial charge in [0.2, 0.25) is 5.91 Å². The molecule has 6 N–H and O–H groups in total. The van der Waals surface area contributed by atoms with Crippen LogP contribution in [-0.4, -0.2) is 74.7 Å². The third kappa shape index (κ3) is 9.50. The maximum absolute atomic E-state index is 13.8. The van der Waals surface area contributed by atoms with Crippen molar-refractivity contribution in [2.45, 2.75) is 67.2 Å². The standard InChI is InChI=1S/C26H38FN5O5S2/c27-18(12-13-28)17-39(36,37)22-10-4-2-8-19(22)25(34)30-15-7-1-6-14-29-23(33)11-5-3-9-21-24-20(16-38-21)31-26(35)32-24/h2,4,8,10,12,20-21,24H,1,3,5-7,9,11,13-17,28H2,(H,29,33)(H,30,34)(H2,31,32,35)/b18-12-/t20-,21-,24-/m0/s1. The second-order valence-corrected chi connectivity index (χ2v) is 12.9. The Labute approximate surface area is 233 Å². The van der Waals surface area contributed by atoms with Gasteiger partial charge < -0.3 is 27.0 Å². The van der Waals surface area contributed by atoms with Gasteiger partial charge >= 0.3 is 6.03 Å². The van der Waals surface area contributed by atoms with Crippen molar-refractivity contribution in [3.05, 3.63) is 41.7 Å². The second kappa shape index (κ2) is 15.2. The number of halogens is 1. The number of hydrogen-bond donors (Lipinski definition) is 5. The van der Waals surface area contributed by atoms with Crippen molar-refractivity contribution in [3.8, 4) is 0 Å². The summed E-state index contributed by atoms with van der Waals surface area (Å²) >= 11 is 1.87. The minimum absolute atomic E-state index is 0.0200. The number of sulfone groups is 1. The summed E-state index contributed by atoms with van der Waals surface area (Å²) in [6.45, 7) is 0.782. The lowest BCUT2D eigenvalue weighted by Gasteiger charge is -2.16. The molecule has 2 heterocycles. The first-order valence-electron chi connectivity index (χ1n) is 13.3. The first-order chi connectivity index (χ1) is 18.7. The molecule has 2 saturated heterocycles. The number of carbonyl (C=O) groups is 3. The fourth-order valence-corrected chi connectivity index (χ4v) is 7.65. The van der Waals surface area contributed by atoms with E-state index in [1.807, 2.05) is 11.8 Å². The molecule has 2 aliphatic heterocycles. The molecule has 4 amide bonds. The molecule has 10 nitrogen and oxygen atoms in total. The zero-order valence-corrected chi connectivity index (χ0v) is 23.6. The zero-order chi connectivity index (χ0) is 28.3. The lowest BCUT2D eigenvalue weighted by atomic mass is 10.0. The van der Waals surface area contributed by atoms with Gasteiger partial charge in [0.1, 0.15) is 11.6 Å². The third-order valence-electron chi connectivity index (χ3n) is 6.68. The molecule has 0 aromatic heterocycles. The van der Waals surface area contributed by atoms with Gasteiger partial charge in [-0.1, -0.05) is 18.6 Å². The lowest BCUT2D eigenvalue weighted by Crippen LogP contribution is -2.36. The van der Waals surface area contributed by atoms with Crippen molar-refractivity contribution in [2.24, 2.45) is 5.73 Å². The normalized spacial score (nSPS) is 20.7. The van der Waals surface area contributed by atoms with E-state index >= 15 is 0 Å². The Morgan fingerprint density at radius 1 is 1.08 bits per heavy atom. The highest BCUT2D eigenvalue weighted by Gasteiger charge is 2.42. The van der Waals surface area contributed by atoms with Gasteiger partial charge in [0.15, 0.2) is 9.84 Å². The number of urea groups is 1. The largest absolute Gasteiger partial charge is 0.356 e. The fourth-order valence-electron chi connectivity index (χ4n) is 4.69. The van der Waals surface area contributed by atoms with Crippen LogP contribution in [0.25, 0.3) is 0 Å². The number of hydrogen-bond acceptors (Lipinski definition) is 7. The number of unbranched alkanes of at least 4 members (excludes halogenated alkanes) is 3. The smallest absolute Gasteiger partial charge is 0.315 e. The molecule has 39 heavy (non-hydrogen) atoms. The third-order valence-corrected chi connectivity index (χ3v) is 9.87. The van der Waals surface area contributed by atoms with Crippen LogP contribution in [0.4, 0.5) is 9.18 Å². The molecule has 0 unspecified atom stereocenters. The molecule has 2 fully saturated rings. The molecule has 3 rings (SSSR count). The van der Waals surface area contributed by atoms with E-state index in [0.29, 0.717) is 31.2 Å². The van der Waals surface area contributed by atoms with E-state index in [1.54, 1.807) is 6.07 Å². The predicted octanol–water partition coefficient (Wildman–Crippen LogP) is 2.01. The summed E-state index contributed by atoms with van der Waals surface area (Å²) in [5, 5.41) is 11.9. The van der Waals surface area contributed by atoms with Crippen LogP contribution in [0.1, 0.15) is 55.3 Å². The van der Waals surface area contributed by atoms with Gasteiger partial charge in [-0.15, -0.1) is 0 Å². The van der Waals surface area contributed by atoms with E-state index < -0.39 is 27.3 Å². The fraction of sp³-hybridized carbons (Fsp3) is 0.577. The van der Waals surface area contributed by atoms with Crippen LogP contribution in [0.5, 0.6) is 0 Å². The van der Waals surface area contributed by atoms with Crippen molar-refractivity contribution in [3.63, 3.8) is 0 Å². The van der Waals surface area contributed by atoms with Crippen LogP contribution in [-0.2, 0) is 14.6 Å². The first-order valence-corrected chi connectivity index (χ1v) is 16.0. The number of benzene rings is 1. The van der Waals surface area contributed by atoms with Gasteiger partial charge in [-0.3, -0.25) is 9.59 Å². The molecule has 3 atom stereocenters. The van der Waals surface area contributed by atoms with E-state index in [1.165, 1.54) is 18.2 Å². The summed E-state index contributed by atoms with van der Waals surface area (Å²) in [7, 11) is -4.05. The van der Waals surface area contributed by atoms with Crippen LogP contribution >= 0.6 is 11.8 Å². The molecule has 0 bridgehead atoms. The van der Waals surface area contributed by atoms with Gasteiger partial charge in [-0.05, 0) is 50.3 Å². The molecule has 2 aliphatic rings. The zero-order valence-electron chi connectivity index (χ0n) is 21.9. The van der Waals surface area contributed by atoms with Crippen LogP contribution in [0, 0.1) is 0 Å². The maximum Gasteiger partial charge on any atom is 0.315 e. The molecule has 0 aliphatic carbocycles. The topological polar surface area (TPSA) is 159 Å². The van der Waals surface area contributed by atoms with Gasteiger partial charge in [0, 0.05) is 37.1 Å². The molecule has 1 aromatic rings. The molecule has 1 aromatic carbocycles. The van der Waals surface area contributed by atoms with Crippen molar-refractivity contribution in [1.29, 1.82) is 0 Å². The highest BCUT2D eigenvalue weighted by atomic mass is 32.2. The first kappa shape index (κ1) is 30.9. The number of nitrogens with two attached hydrogens (primary N) is 1. The molecular formula is C26H38FN5O5S2. The number of carbonyl (C=O) groups excluding carboxylic acids is 3. The molecule has 0 saturated carbocycles. The maximum atomic E-state index is 13.8. The summed E-state index contributed by atoms with van der Waals surface area (Å²) < 4.78 is 38.9. The molecule has 0 spiro atoms. The van der Waals surface area contributed by atoms with Gasteiger partial charge in [0.25, 0.3) is 5.91 Å². The summed E-state index contributed by atoms with van der Waals surface area (Å²) in [5.41, 5.74) is 5.20. The Morgan fingerprint density at radius 3 is 2.59 bits per heavy atom. The number of fused-ring (bicyclic) bond motifs is 1. The molecular weight excluding hydrogens is 545 g/mol. The molecule has 216 valence electrons. The van der Waals surface area contributed by atoms with Crippen LogP contribution in [0.15, 0.2) is 41.1 Å². The van der Waals surface area contributed by atoms with Gasteiger partial charge in [-0.25, -0.2) is 17.6 Å². The van der Waals surface area contributed by atoms with E-state index in [0.717, 1.165) is 43.9 Å². The SMILES string of the molecule is NC/C=C(\F)CS(=O)(=O)c1ccccc1C(=O)NCCCCCNC(=O)CCCC[C@@H]1SC[C@@H]2NC(=O)N[C@@H]21. The highest BCUT2D eigenvalue weighted by molar-refractivity contribution is 8.00. The van der Waals surface area contributed by atoms with Crippen molar-refractivity contribution in [2.75, 3.05) is 31.1 Å². The summed E-state index contributed by atoms with van der Waals surface area (Å²) in [6.07, 6.45) is 6.38. The van der Waals surface area contributed by atoms with E-state index in [4.69, 9.17) is 5.73 Å². The Hall–Kier alpha value is -2.64. The average Bonchev–Trinajstić information content (AvgIpc) is 3.44. The van der Waals surface area contributed by atoms with E-state index in [9.17, 15) is 27.2 Å². The lowest BCUT2D eigenvalue weighted by molar-refractivity contribution is -0.121. The Balaban J connectivity index is 1.26. The summed E-state index contributed by atoms with van der Waals surface area (Å²) in [6, 6.07) is 6.05. The Morgan fingerprint density at radius 2 is 1.82 bits per heavy atom. The molecule has 0 radical (unpaired) electrons. The van der Waals surface area contributed by atoms with Crippen molar-refractivity contribution < 1.29 is 27.2 Å². The minimum atomic E-state index is -4.05. The average molecular weight is 584 g/mol. The number of amides is 4. The number of rotatable bonds is 16. The van der Waals surface area contributed by atoms with Crippen LogP contribution in [0.2, 0.25) is 0 Å². The Bertz CT molecular complexity index is 1150. The van der Waals surface area contributed by atoms with Crippen LogP contribution in [0.3, 0.4) is 0 Å². The minimum Gasteiger partial charge on any atom is -0.356 e. The van der Waals surface area contributed by atoms with Crippen molar-refractivity contribution >= 4 is 39.4 Å². The van der Waals surface area contributed by atoms with Gasteiger partial charge in [0.05, 0.1) is 22.5 Å². The molecule has 13 heteroatoms. The number of thioether (sulfide) groups is 1. The van der Waals surface area contributed by atoms with Crippen molar-refractivity contribution in [1.82, 2.24) is 21.3 Å². The monoisotopic (exact) mass is 583 g/mol.